The van der Waals surface area contributed by atoms with Crippen molar-refractivity contribution in [2.24, 2.45) is 0 Å². The molecule has 0 spiro atoms. The molecule has 0 saturated heterocycles. The third kappa shape index (κ3) is 4.37. The van der Waals surface area contributed by atoms with E-state index in [9.17, 15) is 19.7 Å². The van der Waals surface area contributed by atoms with Crippen molar-refractivity contribution in [3.05, 3.63) is 58.6 Å². The molecule has 9 heteroatoms. The molecule has 0 fully saturated rings. The quantitative estimate of drug-likeness (QED) is 0.532. The van der Waals surface area contributed by atoms with Crippen LogP contribution in [0.3, 0.4) is 0 Å². The fourth-order valence-electron chi connectivity index (χ4n) is 2.68. The number of anilines is 1. The van der Waals surface area contributed by atoms with Crippen LogP contribution in [-0.2, 0) is 9.59 Å². The van der Waals surface area contributed by atoms with Crippen LogP contribution >= 0.6 is 0 Å². The number of amides is 2. The van der Waals surface area contributed by atoms with Gasteiger partial charge < -0.3 is 14.4 Å². The van der Waals surface area contributed by atoms with E-state index in [2.05, 4.69) is 0 Å². The van der Waals surface area contributed by atoms with Gasteiger partial charge in [0, 0.05) is 19.2 Å². The number of likely N-dealkylation sites (N-methyl/N-ethyl adjacent to an activating group) is 1. The zero-order valence-electron chi connectivity index (χ0n) is 15.2. The Morgan fingerprint density at radius 3 is 2.75 bits per heavy atom. The standard InChI is InChI=1S/C19H19N3O6/c1-20(9-10-27-15-5-3-2-4-6-15)18(23)12-21-16-11-14(22(25)26)7-8-17(16)28-13-19(21)24/h2-8,11H,9-10,12-13H2,1H3. The van der Waals surface area contributed by atoms with E-state index in [0.29, 0.717) is 24.7 Å². The Bertz CT molecular complexity index is 886. The number of nitrogens with zero attached hydrogens (tertiary/aromatic N) is 3. The third-order valence-corrected chi connectivity index (χ3v) is 4.25. The lowest BCUT2D eigenvalue weighted by molar-refractivity contribution is -0.384. The molecule has 0 N–H and O–H groups in total. The Morgan fingerprint density at radius 1 is 1.29 bits per heavy atom. The van der Waals surface area contributed by atoms with Gasteiger partial charge in [-0.3, -0.25) is 24.6 Å². The van der Waals surface area contributed by atoms with Crippen LogP contribution in [0.5, 0.6) is 11.5 Å². The van der Waals surface area contributed by atoms with Crippen molar-refractivity contribution in [2.75, 3.05) is 38.3 Å². The first-order valence-corrected chi connectivity index (χ1v) is 8.59. The molecule has 0 atom stereocenters. The zero-order valence-corrected chi connectivity index (χ0v) is 15.2. The normalized spacial score (nSPS) is 12.8. The minimum atomic E-state index is -0.563. The summed E-state index contributed by atoms with van der Waals surface area (Å²) in [6.45, 7) is 0.163. The van der Waals surface area contributed by atoms with Crippen LogP contribution in [0, 0.1) is 10.1 Å². The number of hydrogen-bond acceptors (Lipinski definition) is 6. The van der Waals surface area contributed by atoms with Gasteiger partial charge in [0.2, 0.25) is 5.91 Å². The highest BCUT2D eigenvalue weighted by Gasteiger charge is 2.30. The molecule has 2 aromatic rings. The summed E-state index contributed by atoms with van der Waals surface area (Å²) in [7, 11) is 1.61. The molecule has 1 heterocycles. The predicted molar refractivity (Wildman–Crippen MR) is 101 cm³/mol. The molecular weight excluding hydrogens is 366 g/mol. The number of carbonyl (C=O) groups is 2. The molecule has 2 aromatic carbocycles. The van der Waals surface area contributed by atoms with Crippen molar-refractivity contribution in [3.63, 3.8) is 0 Å². The number of ether oxygens (including phenoxy) is 2. The van der Waals surface area contributed by atoms with E-state index in [-0.39, 0.29) is 30.4 Å². The van der Waals surface area contributed by atoms with Crippen molar-refractivity contribution in [2.45, 2.75) is 0 Å². The monoisotopic (exact) mass is 385 g/mol. The lowest BCUT2D eigenvalue weighted by Crippen LogP contribution is -2.46. The first kappa shape index (κ1) is 19.2. The Morgan fingerprint density at radius 2 is 2.04 bits per heavy atom. The van der Waals surface area contributed by atoms with Gasteiger partial charge in [-0.25, -0.2) is 0 Å². The molecule has 0 aromatic heterocycles. The van der Waals surface area contributed by atoms with Gasteiger partial charge in [-0.1, -0.05) is 18.2 Å². The lowest BCUT2D eigenvalue weighted by atomic mass is 10.2. The van der Waals surface area contributed by atoms with Crippen LogP contribution in [0.2, 0.25) is 0 Å². The Labute approximate surface area is 161 Å². The second kappa shape index (κ2) is 8.38. The minimum Gasteiger partial charge on any atom is -0.492 e. The van der Waals surface area contributed by atoms with Gasteiger partial charge in [0.25, 0.3) is 11.6 Å². The van der Waals surface area contributed by atoms with E-state index in [0.717, 1.165) is 0 Å². The topological polar surface area (TPSA) is 102 Å². The average Bonchev–Trinajstić information content (AvgIpc) is 2.70. The maximum Gasteiger partial charge on any atom is 0.271 e. The van der Waals surface area contributed by atoms with E-state index in [1.807, 2.05) is 30.3 Å². The number of nitro groups is 1. The van der Waals surface area contributed by atoms with Gasteiger partial charge in [0.15, 0.2) is 6.61 Å². The first-order chi connectivity index (χ1) is 13.5. The van der Waals surface area contributed by atoms with Crippen LogP contribution in [-0.4, -0.2) is 55.0 Å². The molecular formula is C19H19N3O6. The fourth-order valence-corrected chi connectivity index (χ4v) is 2.68. The molecule has 146 valence electrons. The molecule has 2 amide bonds. The molecule has 28 heavy (non-hydrogen) atoms. The number of carbonyl (C=O) groups excluding carboxylic acids is 2. The van der Waals surface area contributed by atoms with Gasteiger partial charge in [-0.15, -0.1) is 0 Å². The van der Waals surface area contributed by atoms with E-state index in [1.165, 1.54) is 28.0 Å². The van der Waals surface area contributed by atoms with E-state index < -0.39 is 10.8 Å². The second-order valence-corrected chi connectivity index (χ2v) is 6.15. The molecule has 0 bridgehead atoms. The van der Waals surface area contributed by atoms with Gasteiger partial charge in [0.05, 0.1) is 17.2 Å². The molecule has 9 nitrogen and oxygen atoms in total. The fraction of sp³-hybridized carbons (Fsp3) is 0.263. The number of fused-ring (bicyclic) bond motifs is 1. The van der Waals surface area contributed by atoms with E-state index in [1.54, 1.807) is 7.05 Å². The number of para-hydroxylation sites is 1. The predicted octanol–water partition coefficient (Wildman–Crippen LogP) is 1.86. The van der Waals surface area contributed by atoms with Crippen molar-refractivity contribution < 1.29 is 24.0 Å². The second-order valence-electron chi connectivity index (χ2n) is 6.15. The Balaban J connectivity index is 1.63. The Kier molecular flexibility index (Phi) is 5.73. The summed E-state index contributed by atoms with van der Waals surface area (Å²) in [6.07, 6.45) is 0. The molecule has 0 aliphatic carbocycles. The number of hydrogen-bond donors (Lipinski definition) is 0. The maximum absolute atomic E-state index is 12.5. The minimum absolute atomic E-state index is 0.181. The van der Waals surface area contributed by atoms with E-state index in [4.69, 9.17) is 9.47 Å². The maximum atomic E-state index is 12.5. The summed E-state index contributed by atoms with van der Waals surface area (Å²) < 4.78 is 10.9. The third-order valence-electron chi connectivity index (χ3n) is 4.25. The SMILES string of the molecule is CN(CCOc1ccccc1)C(=O)CN1C(=O)COc2ccc([N+](=O)[O-])cc21. The van der Waals surface area contributed by atoms with Crippen molar-refractivity contribution in [1.29, 1.82) is 0 Å². The number of non-ortho nitro benzene ring substituents is 1. The molecule has 1 aliphatic rings. The smallest absolute Gasteiger partial charge is 0.271 e. The number of nitro benzene ring substituents is 1. The van der Waals surface area contributed by atoms with Crippen LogP contribution in [0.25, 0.3) is 0 Å². The van der Waals surface area contributed by atoms with Crippen LogP contribution in [0.1, 0.15) is 0 Å². The van der Waals surface area contributed by atoms with Crippen LogP contribution < -0.4 is 14.4 Å². The van der Waals surface area contributed by atoms with Gasteiger partial charge >= 0.3 is 0 Å². The first-order valence-electron chi connectivity index (χ1n) is 8.59. The summed E-state index contributed by atoms with van der Waals surface area (Å²) in [5, 5.41) is 11.0. The summed E-state index contributed by atoms with van der Waals surface area (Å²) in [5.74, 6) is 0.278. The highest BCUT2D eigenvalue weighted by atomic mass is 16.6. The summed E-state index contributed by atoms with van der Waals surface area (Å²) in [4.78, 5) is 37.9. The van der Waals surface area contributed by atoms with Gasteiger partial charge in [-0.05, 0) is 18.2 Å². The average molecular weight is 385 g/mol. The highest BCUT2D eigenvalue weighted by Crippen LogP contribution is 2.35. The molecule has 0 saturated carbocycles. The molecule has 3 rings (SSSR count). The zero-order chi connectivity index (χ0) is 20.1. The Hall–Kier alpha value is -3.62. The van der Waals surface area contributed by atoms with Gasteiger partial charge in [0.1, 0.15) is 24.7 Å². The summed E-state index contributed by atoms with van der Waals surface area (Å²) in [5.41, 5.74) is 0.0341. The summed E-state index contributed by atoms with van der Waals surface area (Å²) >= 11 is 0. The molecule has 0 unspecified atom stereocenters. The van der Waals surface area contributed by atoms with Crippen molar-refractivity contribution >= 4 is 23.2 Å². The van der Waals surface area contributed by atoms with Crippen LogP contribution in [0.4, 0.5) is 11.4 Å². The van der Waals surface area contributed by atoms with E-state index >= 15 is 0 Å². The molecule has 0 radical (unpaired) electrons. The highest BCUT2D eigenvalue weighted by molar-refractivity contribution is 6.02. The van der Waals surface area contributed by atoms with Crippen molar-refractivity contribution in [3.8, 4) is 11.5 Å². The summed E-state index contributed by atoms with van der Waals surface area (Å²) in [6, 6.07) is 13.2. The molecule has 1 aliphatic heterocycles. The number of rotatable bonds is 7. The largest absolute Gasteiger partial charge is 0.492 e. The number of benzene rings is 2. The van der Waals surface area contributed by atoms with Crippen LogP contribution in [0.15, 0.2) is 48.5 Å². The van der Waals surface area contributed by atoms with Crippen molar-refractivity contribution in [1.82, 2.24) is 4.90 Å². The van der Waals surface area contributed by atoms with Gasteiger partial charge in [-0.2, -0.15) is 0 Å². The lowest BCUT2D eigenvalue weighted by Gasteiger charge is -2.30.